The molecule has 0 radical (unpaired) electrons. The van der Waals surface area contributed by atoms with Gasteiger partial charge in [-0.25, -0.2) is 0 Å². The number of hydrogen-bond acceptors (Lipinski definition) is 2. The van der Waals surface area contributed by atoms with Crippen LogP contribution in [0.15, 0.2) is 175 Å². The molecule has 2 heterocycles. The predicted molar refractivity (Wildman–Crippen MR) is 291 cm³/mol. The van der Waals surface area contributed by atoms with Crippen LogP contribution in [-0.4, -0.2) is 0 Å². The molecular formula is C67H66N2. The second kappa shape index (κ2) is 16.1. The third-order valence-corrected chi connectivity index (χ3v) is 18.1. The number of para-hydroxylation sites is 3. The first-order valence-electron chi connectivity index (χ1n) is 26.4. The van der Waals surface area contributed by atoms with Gasteiger partial charge in [0.2, 0.25) is 0 Å². The standard InChI is InChI=1S/C67H66N2/c1-44-40-48(68-61-24-12-8-20-55(61)65(2,3)56-21-9-13-25-62(56)68)32-36-50(44)51-34-30-45(41-54(51)47-18-6-7-19-47)28-29-46-31-35-52-53-37-33-49(43-60(53)67(59(52)42-46)38-16-17-39-67)69-63-26-14-10-22-57(63)66(4,5)58-23-11-15-27-64(58)69/h8-14,20-26,28-37,40-44,47,50H,6-7,15-19,27,38-39H2,1-5H3/b29-28+. The molecule has 0 aromatic heterocycles. The minimum atomic E-state index is -0.0619. The zero-order valence-corrected chi connectivity index (χ0v) is 41.4. The van der Waals surface area contributed by atoms with E-state index in [9.17, 15) is 0 Å². The molecule has 7 aliphatic rings. The van der Waals surface area contributed by atoms with Crippen molar-refractivity contribution in [2.24, 2.45) is 5.92 Å². The number of anilines is 4. The lowest BCUT2D eigenvalue weighted by molar-refractivity contribution is 0.549. The van der Waals surface area contributed by atoms with Crippen molar-refractivity contribution in [3.8, 4) is 11.1 Å². The normalized spacial score (nSPS) is 22.4. The van der Waals surface area contributed by atoms with E-state index in [0.29, 0.717) is 17.8 Å². The van der Waals surface area contributed by atoms with Crippen LogP contribution in [0.4, 0.5) is 22.7 Å². The van der Waals surface area contributed by atoms with Gasteiger partial charge in [0.05, 0.1) is 11.4 Å². The molecule has 0 amide bonds. The molecule has 0 saturated heterocycles. The van der Waals surface area contributed by atoms with Crippen LogP contribution in [0, 0.1) is 5.92 Å². The molecule has 2 fully saturated rings. The Morgan fingerprint density at radius 3 is 1.83 bits per heavy atom. The highest BCUT2D eigenvalue weighted by Crippen LogP contribution is 2.59. The molecule has 344 valence electrons. The molecule has 6 aromatic carbocycles. The lowest BCUT2D eigenvalue weighted by atomic mass is 9.71. The Balaban J connectivity index is 0.809. The fourth-order valence-electron chi connectivity index (χ4n) is 14.6. The van der Waals surface area contributed by atoms with E-state index in [0.717, 1.165) is 12.8 Å². The topological polar surface area (TPSA) is 6.48 Å². The molecular weight excluding hydrogens is 833 g/mol. The Hall–Kier alpha value is -6.38. The van der Waals surface area contributed by atoms with Crippen LogP contribution in [0.1, 0.15) is 161 Å². The largest absolute Gasteiger partial charge is 0.314 e. The van der Waals surface area contributed by atoms with Crippen molar-refractivity contribution >= 4 is 34.9 Å². The van der Waals surface area contributed by atoms with Gasteiger partial charge in [0.1, 0.15) is 0 Å². The second-order valence-corrected chi connectivity index (χ2v) is 22.6. The van der Waals surface area contributed by atoms with E-state index in [1.165, 1.54) is 136 Å². The summed E-state index contributed by atoms with van der Waals surface area (Å²) in [5, 5.41) is 0. The highest BCUT2D eigenvalue weighted by Gasteiger charge is 2.46. The highest BCUT2D eigenvalue weighted by atomic mass is 15.2. The van der Waals surface area contributed by atoms with Gasteiger partial charge < -0.3 is 9.80 Å². The lowest BCUT2D eigenvalue weighted by Crippen LogP contribution is -2.34. The molecule has 1 spiro atoms. The molecule has 2 aliphatic heterocycles. The number of benzene rings is 6. The van der Waals surface area contributed by atoms with Crippen molar-refractivity contribution in [1.29, 1.82) is 0 Å². The van der Waals surface area contributed by atoms with E-state index in [1.54, 1.807) is 16.7 Å². The Morgan fingerprint density at radius 1 is 0.551 bits per heavy atom. The summed E-state index contributed by atoms with van der Waals surface area (Å²) >= 11 is 0. The summed E-state index contributed by atoms with van der Waals surface area (Å²) in [7, 11) is 0. The van der Waals surface area contributed by atoms with Gasteiger partial charge in [-0.3, -0.25) is 0 Å². The van der Waals surface area contributed by atoms with Crippen LogP contribution in [0.25, 0.3) is 23.3 Å². The highest BCUT2D eigenvalue weighted by molar-refractivity contribution is 5.88. The second-order valence-electron chi connectivity index (χ2n) is 22.6. The summed E-state index contributed by atoms with van der Waals surface area (Å²) < 4.78 is 0. The monoisotopic (exact) mass is 899 g/mol. The maximum Gasteiger partial charge on any atom is 0.0502 e. The molecule has 0 bridgehead atoms. The van der Waals surface area contributed by atoms with Crippen molar-refractivity contribution in [3.05, 3.63) is 225 Å². The van der Waals surface area contributed by atoms with Crippen LogP contribution in [0.3, 0.4) is 0 Å². The zero-order valence-electron chi connectivity index (χ0n) is 41.4. The maximum atomic E-state index is 2.62. The summed E-state index contributed by atoms with van der Waals surface area (Å²) in [6, 6.07) is 49.5. The average molecular weight is 899 g/mol. The molecule has 2 saturated carbocycles. The maximum absolute atomic E-state index is 2.62. The van der Waals surface area contributed by atoms with Gasteiger partial charge in [0.15, 0.2) is 0 Å². The summed E-state index contributed by atoms with van der Waals surface area (Å²) in [6.45, 7) is 12.0. The van der Waals surface area contributed by atoms with Gasteiger partial charge in [-0.05, 0) is 154 Å². The average Bonchev–Trinajstić information content (AvgIpc) is 4.16. The van der Waals surface area contributed by atoms with Crippen LogP contribution in [0.2, 0.25) is 0 Å². The predicted octanol–water partition coefficient (Wildman–Crippen LogP) is 18.0. The first kappa shape index (κ1) is 42.7. The SMILES string of the molecule is CC1C=C(N2c3ccccc3C(C)(C)c3ccccc32)C=CC1c1ccc(/C=C/c2ccc3c(c2)C2(CCCC2)c2cc(N4C5=C(C=CCC5)C(C)(C)c5ccccc54)ccc2-3)cc1C1CCCC1. The van der Waals surface area contributed by atoms with E-state index in [4.69, 9.17) is 0 Å². The van der Waals surface area contributed by atoms with E-state index in [1.807, 2.05) is 0 Å². The van der Waals surface area contributed by atoms with E-state index in [-0.39, 0.29) is 16.2 Å². The van der Waals surface area contributed by atoms with Gasteiger partial charge in [-0.15, -0.1) is 0 Å². The Morgan fingerprint density at radius 2 is 1.14 bits per heavy atom. The first-order valence-corrected chi connectivity index (χ1v) is 26.4. The third kappa shape index (κ3) is 6.57. The van der Waals surface area contributed by atoms with Crippen LogP contribution >= 0.6 is 0 Å². The molecule has 2 nitrogen and oxygen atoms in total. The van der Waals surface area contributed by atoms with Crippen LogP contribution < -0.4 is 9.80 Å². The van der Waals surface area contributed by atoms with Gasteiger partial charge in [-0.1, -0.05) is 194 Å². The van der Waals surface area contributed by atoms with E-state index >= 15 is 0 Å². The third-order valence-electron chi connectivity index (χ3n) is 18.1. The molecule has 0 N–H and O–H groups in total. The fourth-order valence-corrected chi connectivity index (χ4v) is 14.6. The lowest BCUT2D eigenvalue weighted by Gasteiger charge is -2.44. The molecule has 2 heteroatoms. The molecule has 69 heavy (non-hydrogen) atoms. The van der Waals surface area contributed by atoms with Crippen molar-refractivity contribution in [2.75, 3.05) is 9.80 Å². The van der Waals surface area contributed by atoms with Gasteiger partial charge >= 0.3 is 0 Å². The number of rotatable bonds is 6. The number of allylic oxidation sites excluding steroid dienone is 7. The molecule has 2 unspecified atom stereocenters. The zero-order chi connectivity index (χ0) is 46.6. The fraction of sp³-hybridized carbons (Fsp3) is 0.313. The minimum absolute atomic E-state index is 0.0237. The quantitative estimate of drug-likeness (QED) is 0.154. The van der Waals surface area contributed by atoms with Crippen molar-refractivity contribution in [2.45, 2.75) is 127 Å². The summed E-state index contributed by atoms with van der Waals surface area (Å²) in [6.07, 6.45) is 29.5. The van der Waals surface area contributed by atoms with Crippen LogP contribution in [-0.2, 0) is 16.2 Å². The smallest absolute Gasteiger partial charge is 0.0502 e. The minimum Gasteiger partial charge on any atom is -0.314 e. The Bertz CT molecular complexity index is 3170. The van der Waals surface area contributed by atoms with Gasteiger partial charge in [-0.2, -0.15) is 0 Å². The van der Waals surface area contributed by atoms with Crippen LogP contribution in [0.5, 0.6) is 0 Å². The van der Waals surface area contributed by atoms with Crippen molar-refractivity contribution in [3.63, 3.8) is 0 Å². The number of hydrogen-bond donors (Lipinski definition) is 0. The van der Waals surface area contributed by atoms with Gasteiger partial charge in [0.25, 0.3) is 0 Å². The number of fused-ring (bicyclic) bond motifs is 8. The van der Waals surface area contributed by atoms with E-state index < -0.39 is 0 Å². The molecule has 5 aliphatic carbocycles. The molecule has 6 aromatic rings. The number of nitrogens with zero attached hydrogens (tertiary/aromatic N) is 2. The molecule has 13 rings (SSSR count). The summed E-state index contributed by atoms with van der Waals surface area (Å²) in [5.74, 6) is 1.32. The van der Waals surface area contributed by atoms with Crippen molar-refractivity contribution < 1.29 is 0 Å². The summed E-state index contributed by atoms with van der Waals surface area (Å²) in [4.78, 5) is 5.14. The Kier molecular flexibility index (Phi) is 9.96. The van der Waals surface area contributed by atoms with E-state index in [2.05, 4.69) is 214 Å². The first-order chi connectivity index (χ1) is 33.6. The Labute approximate surface area is 411 Å². The summed E-state index contributed by atoms with van der Waals surface area (Å²) in [5.41, 5.74) is 25.3. The molecule has 2 atom stereocenters. The van der Waals surface area contributed by atoms with Crippen molar-refractivity contribution in [1.82, 2.24) is 0 Å². The van der Waals surface area contributed by atoms with Gasteiger partial charge in [0, 0.05) is 44.9 Å².